The topological polar surface area (TPSA) is 78.7 Å². The molecule has 0 saturated heterocycles. The number of hydrogen-bond acceptors (Lipinski definition) is 5. The highest BCUT2D eigenvalue weighted by molar-refractivity contribution is 6.32. The van der Waals surface area contributed by atoms with E-state index >= 15 is 0 Å². The fourth-order valence-corrected chi connectivity index (χ4v) is 2.56. The molecular formula is C17H12ClNO5. The van der Waals surface area contributed by atoms with Crippen molar-refractivity contribution < 1.29 is 19.2 Å². The second kappa shape index (κ2) is 6.33. The number of hydrogen-bond donors (Lipinski definition) is 0. The van der Waals surface area contributed by atoms with Crippen molar-refractivity contribution in [3.63, 3.8) is 0 Å². The zero-order chi connectivity index (χ0) is 17.3. The highest BCUT2D eigenvalue weighted by Gasteiger charge is 2.24. The molecule has 0 spiro atoms. The number of rotatable bonds is 3. The lowest BCUT2D eigenvalue weighted by molar-refractivity contribution is -0.384. The van der Waals surface area contributed by atoms with Gasteiger partial charge in [-0.3, -0.25) is 14.9 Å². The Bertz CT molecular complexity index is 875. The molecule has 24 heavy (non-hydrogen) atoms. The van der Waals surface area contributed by atoms with Crippen molar-refractivity contribution >= 4 is 29.1 Å². The first-order valence-electron chi connectivity index (χ1n) is 6.99. The second-order valence-corrected chi connectivity index (χ2v) is 5.52. The van der Waals surface area contributed by atoms with Gasteiger partial charge in [-0.05, 0) is 30.3 Å². The van der Waals surface area contributed by atoms with Crippen molar-refractivity contribution in [3.8, 4) is 11.5 Å². The fraction of sp³-hybridized carbons (Fsp3) is 0.118. The maximum atomic E-state index is 12.6. The lowest BCUT2D eigenvalue weighted by Crippen LogP contribution is -2.19. The third-order valence-electron chi connectivity index (χ3n) is 3.63. The van der Waals surface area contributed by atoms with Crippen molar-refractivity contribution in [2.75, 3.05) is 13.7 Å². The highest BCUT2D eigenvalue weighted by Crippen LogP contribution is 2.32. The SMILES string of the molecule is COc1ccc2c(c1)C(=O)/C(=C/c1cc([N+](=O)[O-])ccc1Cl)CO2. The first-order chi connectivity index (χ1) is 11.5. The monoisotopic (exact) mass is 345 g/mol. The maximum absolute atomic E-state index is 12.6. The summed E-state index contributed by atoms with van der Waals surface area (Å²) in [5.41, 5.74) is 1.04. The van der Waals surface area contributed by atoms with E-state index in [-0.39, 0.29) is 18.1 Å². The van der Waals surface area contributed by atoms with Crippen LogP contribution in [0.25, 0.3) is 6.08 Å². The van der Waals surface area contributed by atoms with Crippen LogP contribution in [-0.2, 0) is 0 Å². The Morgan fingerprint density at radius 3 is 2.79 bits per heavy atom. The molecule has 1 aliphatic rings. The van der Waals surface area contributed by atoms with Crippen molar-refractivity contribution in [3.05, 3.63) is 68.2 Å². The van der Waals surface area contributed by atoms with E-state index in [2.05, 4.69) is 0 Å². The number of ketones is 1. The number of non-ortho nitro benzene ring substituents is 1. The normalized spacial score (nSPS) is 14.9. The van der Waals surface area contributed by atoms with Gasteiger partial charge in [0, 0.05) is 28.3 Å². The Morgan fingerprint density at radius 1 is 1.29 bits per heavy atom. The van der Waals surface area contributed by atoms with E-state index in [0.29, 0.717) is 33.2 Å². The molecule has 0 bridgehead atoms. The average Bonchev–Trinajstić information content (AvgIpc) is 2.58. The molecule has 0 aromatic heterocycles. The predicted molar refractivity (Wildman–Crippen MR) is 88.9 cm³/mol. The molecule has 0 aliphatic carbocycles. The molecule has 2 aromatic rings. The maximum Gasteiger partial charge on any atom is 0.270 e. The molecule has 3 rings (SSSR count). The van der Waals surface area contributed by atoms with Crippen LogP contribution in [0.4, 0.5) is 5.69 Å². The van der Waals surface area contributed by atoms with Crippen LogP contribution in [0, 0.1) is 10.1 Å². The summed E-state index contributed by atoms with van der Waals surface area (Å²) < 4.78 is 10.7. The van der Waals surface area contributed by atoms with Crippen molar-refractivity contribution in [2.24, 2.45) is 0 Å². The van der Waals surface area contributed by atoms with Gasteiger partial charge in [0.05, 0.1) is 17.6 Å². The van der Waals surface area contributed by atoms with Crippen LogP contribution in [0.15, 0.2) is 42.0 Å². The molecule has 0 unspecified atom stereocenters. The van der Waals surface area contributed by atoms with Crippen LogP contribution in [0.3, 0.4) is 0 Å². The van der Waals surface area contributed by atoms with Crippen LogP contribution in [0.5, 0.6) is 11.5 Å². The van der Waals surface area contributed by atoms with Gasteiger partial charge in [-0.2, -0.15) is 0 Å². The van der Waals surface area contributed by atoms with E-state index in [4.69, 9.17) is 21.1 Å². The van der Waals surface area contributed by atoms with Gasteiger partial charge in [0.1, 0.15) is 18.1 Å². The lowest BCUT2D eigenvalue weighted by atomic mass is 9.98. The van der Waals surface area contributed by atoms with E-state index in [1.807, 2.05) is 0 Å². The zero-order valence-electron chi connectivity index (χ0n) is 12.6. The molecule has 6 nitrogen and oxygen atoms in total. The predicted octanol–water partition coefficient (Wildman–Crippen LogP) is 3.92. The minimum atomic E-state index is -0.516. The number of carbonyl (C=O) groups is 1. The number of fused-ring (bicyclic) bond motifs is 1. The van der Waals surface area contributed by atoms with Crippen LogP contribution in [0.1, 0.15) is 15.9 Å². The van der Waals surface area contributed by atoms with Crippen LogP contribution < -0.4 is 9.47 Å². The van der Waals surface area contributed by atoms with Crippen LogP contribution in [0.2, 0.25) is 5.02 Å². The van der Waals surface area contributed by atoms with Gasteiger partial charge >= 0.3 is 0 Å². The molecule has 0 saturated carbocycles. The van der Waals surface area contributed by atoms with E-state index in [1.54, 1.807) is 18.2 Å². The number of nitrogens with zero attached hydrogens (tertiary/aromatic N) is 1. The van der Waals surface area contributed by atoms with E-state index < -0.39 is 4.92 Å². The van der Waals surface area contributed by atoms with Gasteiger partial charge in [-0.1, -0.05) is 11.6 Å². The molecule has 0 N–H and O–H groups in total. The summed E-state index contributed by atoms with van der Waals surface area (Å²) in [6.45, 7) is 0.0666. The third kappa shape index (κ3) is 2.96. The minimum absolute atomic E-state index is 0.0666. The van der Waals surface area contributed by atoms with E-state index in [1.165, 1.54) is 31.4 Å². The molecule has 1 heterocycles. The van der Waals surface area contributed by atoms with Crippen LogP contribution in [-0.4, -0.2) is 24.4 Å². The quantitative estimate of drug-likeness (QED) is 0.478. The van der Waals surface area contributed by atoms with Gasteiger partial charge in [0.25, 0.3) is 5.69 Å². The summed E-state index contributed by atoms with van der Waals surface area (Å²) in [4.78, 5) is 23.0. The zero-order valence-corrected chi connectivity index (χ0v) is 13.4. The number of carbonyl (C=O) groups excluding carboxylic acids is 1. The van der Waals surface area contributed by atoms with Gasteiger partial charge in [0.15, 0.2) is 5.78 Å². The Hall–Kier alpha value is -2.86. The molecule has 7 heteroatoms. The van der Waals surface area contributed by atoms with Crippen molar-refractivity contribution in [2.45, 2.75) is 0 Å². The van der Waals surface area contributed by atoms with E-state index in [0.717, 1.165) is 0 Å². The van der Waals surface area contributed by atoms with Gasteiger partial charge in [0.2, 0.25) is 0 Å². The summed E-state index contributed by atoms with van der Waals surface area (Å²) in [5.74, 6) is 0.793. The fourth-order valence-electron chi connectivity index (χ4n) is 2.38. The summed E-state index contributed by atoms with van der Waals surface area (Å²) in [5, 5.41) is 11.2. The smallest absolute Gasteiger partial charge is 0.270 e. The number of halogens is 1. The standard InChI is InChI=1S/C17H12ClNO5/c1-23-13-3-5-16-14(8-13)17(20)11(9-24-16)6-10-7-12(19(21)22)2-4-15(10)18/h2-8H,9H2,1H3/b11-6+. The Kier molecular flexibility index (Phi) is 4.22. The summed E-state index contributed by atoms with van der Waals surface area (Å²) in [6.07, 6.45) is 1.51. The number of nitro groups is 1. The summed E-state index contributed by atoms with van der Waals surface area (Å²) in [6, 6.07) is 9.03. The average molecular weight is 346 g/mol. The molecule has 0 atom stereocenters. The van der Waals surface area contributed by atoms with Crippen molar-refractivity contribution in [1.82, 2.24) is 0 Å². The van der Waals surface area contributed by atoms with Gasteiger partial charge in [-0.15, -0.1) is 0 Å². The Morgan fingerprint density at radius 2 is 2.08 bits per heavy atom. The van der Waals surface area contributed by atoms with Crippen LogP contribution >= 0.6 is 11.6 Å². The van der Waals surface area contributed by atoms with Gasteiger partial charge < -0.3 is 9.47 Å². The summed E-state index contributed by atoms with van der Waals surface area (Å²) in [7, 11) is 1.51. The lowest BCUT2D eigenvalue weighted by Gasteiger charge is -2.19. The molecule has 2 aromatic carbocycles. The highest BCUT2D eigenvalue weighted by atomic mass is 35.5. The first-order valence-corrected chi connectivity index (χ1v) is 7.37. The number of methoxy groups -OCH3 is 1. The largest absolute Gasteiger partial charge is 0.497 e. The molecule has 0 fully saturated rings. The number of nitro benzene ring substituents is 1. The second-order valence-electron chi connectivity index (χ2n) is 5.11. The third-order valence-corrected chi connectivity index (χ3v) is 3.97. The van der Waals surface area contributed by atoms with Crippen molar-refractivity contribution in [1.29, 1.82) is 0 Å². The molecule has 122 valence electrons. The number of benzene rings is 2. The molecule has 0 amide bonds. The summed E-state index contributed by atoms with van der Waals surface area (Å²) >= 11 is 6.08. The minimum Gasteiger partial charge on any atom is -0.497 e. The Balaban J connectivity index is 2.01. The van der Waals surface area contributed by atoms with E-state index in [9.17, 15) is 14.9 Å². The number of ether oxygens (including phenoxy) is 2. The number of Topliss-reactive ketones (excluding diaryl/α,β-unsaturated/α-hetero) is 1. The molecule has 0 radical (unpaired) electrons. The molecule has 1 aliphatic heterocycles. The Labute approximate surface area is 142 Å². The van der Waals surface area contributed by atoms with Gasteiger partial charge in [-0.25, -0.2) is 0 Å². The first kappa shape index (κ1) is 16.0. The molecular weight excluding hydrogens is 334 g/mol.